The third kappa shape index (κ3) is 6.81. The number of likely N-dealkylation sites (tertiary alicyclic amines) is 1. The molecular weight excluding hydrogens is 445 g/mol. The highest BCUT2D eigenvalue weighted by molar-refractivity contribution is 14.0. The number of halogens is 1. The number of nitrogens with two attached hydrogens (primary N) is 1. The summed E-state index contributed by atoms with van der Waals surface area (Å²) in [6.45, 7) is 4.82. The van der Waals surface area contributed by atoms with Gasteiger partial charge in [-0.15, -0.1) is 24.0 Å². The van der Waals surface area contributed by atoms with E-state index < -0.39 is 5.91 Å². The molecule has 2 amide bonds. The quantitative estimate of drug-likeness (QED) is 0.341. The zero-order valence-corrected chi connectivity index (χ0v) is 17.7. The fraction of sp³-hybridized carbons (Fsp3) is 0.500. The van der Waals surface area contributed by atoms with Crippen LogP contribution in [0, 0.1) is 5.92 Å². The molecule has 1 heterocycles. The summed E-state index contributed by atoms with van der Waals surface area (Å²) in [7, 11) is 1.80. The smallest absolute Gasteiger partial charge is 0.251 e. The lowest BCUT2D eigenvalue weighted by Gasteiger charge is -2.32. The number of carbonyl (C=O) groups is 2. The fourth-order valence-electron chi connectivity index (χ4n) is 2.78. The Morgan fingerprint density at radius 1 is 1.19 bits per heavy atom. The standard InChI is InChI=1S/C18H27N5O2.HI/c1-13-7-9-23(10-8-13)18(20-2)22-11-14-3-5-15(6-4-14)17(25)21-12-16(19)24;/h3-6,13H,7-12H2,1-2H3,(H2,19,24)(H,20,22)(H,21,25);1H. The number of aliphatic imine (C=N–C) groups is 1. The van der Waals surface area contributed by atoms with Crippen molar-refractivity contribution in [1.82, 2.24) is 15.5 Å². The predicted molar refractivity (Wildman–Crippen MR) is 114 cm³/mol. The van der Waals surface area contributed by atoms with Gasteiger partial charge in [-0.05, 0) is 36.5 Å². The Kier molecular flexibility index (Phi) is 9.39. The predicted octanol–water partition coefficient (Wildman–Crippen LogP) is 1.33. The topological polar surface area (TPSA) is 99.8 Å². The van der Waals surface area contributed by atoms with E-state index in [9.17, 15) is 9.59 Å². The Hall–Kier alpha value is -1.84. The molecule has 1 aliphatic rings. The zero-order chi connectivity index (χ0) is 18.2. The first-order chi connectivity index (χ1) is 12.0. The minimum atomic E-state index is -0.562. The maximum absolute atomic E-state index is 11.8. The second kappa shape index (κ2) is 11.0. The van der Waals surface area contributed by atoms with Crippen molar-refractivity contribution in [3.05, 3.63) is 35.4 Å². The van der Waals surface area contributed by atoms with Gasteiger partial charge in [-0.1, -0.05) is 19.1 Å². The van der Waals surface area contributed by atoms with E-state index in [-0.39, 0.29) is 36.4 Å². The Labute approximate surface area is 171 Å². The molecule has 1 aliphatic heterocycles. The molecule has 0 saturated carbocycles. The Bertz CT molecular complexity index is 625. The molecule has 144 valence electrons. The van der Waals surface area contributed by atoms with Crippen molar-refractivity contribution in [2.75, 3.05) is 26.7 Å². The van der Waals surface area contributed by atoms with Crippen molar-refractivity contribution in [2.24, 2.45) is 16.6 Å². The molecule has 0 bridgehead atoms. The maximum atomic E-state index is 11.8. The highest BCUT2D eigenvalue weighted by Gasteiger charge is 2.18. The number of primary amides is 1. The molecule has 0 unspecified atom stereocenters. The number of nitrogens with zero attached hydrogens (tertiary/aromatic N) is 2. The highest BCUT2D eigenvalue weighted by atomic mass is 127. The summed E-state index contributed by atoms with van der Waals surface area (Å²) in [6.07, 6.45) is 2.38. The van der Waals surface area contributed by atoms with Crippen LogP contribution in [0.25, 0.3) is 0 Å². The number of nitrogens with one attached hydrogen (secondary N) is 2. The fourth-order valence-corrected chi connectivity index (χ4v) is 2.78. The van der Waals surface area contributed by atoms with Gasteiger partial charge in [-0.3, -0.25) is 14.6 Å². The van der Waals surface area contributed by atoms with E-state index >= 15 is 0 Å². The van der Waals surface area contributed by atoms with Crippen LogP contribution in [-0.2, 0) is 11.3 Å². The van der Waals surface area contributed by atoms with Crippen LogP contribution in [0.2, 0.25) is 0 Å². The van der Waals surface area contributed by atoms with Gasteiger partial charge < -0.3 is 21.3 Å². The van der Waals surface area contributed by atoms with Crippen LogP contribution in [0.5, 0.6) is 0 Å². The minimum absolute atomic E-state index is 0. The molecule has 0 radical (unpaired) electrons. The van der Waals surface area contributed by atoms with E-state index in [0.717, 1.165) is 30.5 Å². The van der Waals surface area contributed by atoms with Crippen LogP contribution in [-0.4, -0.2) is 49.4 Å². The normalized spacial score (nSPS) is 15.2. The average Bonchev–Trinajstić information content (AvgIpc) is 2.62. The van der Waals surface area contributed by atoms with Crippen molar-refractivity contribution in [2.45, 2.75) is 26.3 Å². The van der Waals surface area contributed by atoms with Gasteiger partial charge in [0.1, 0.15) is 0 Å². The molecule has 1 aromatic rings. The van der Waals surface area contributed by atoms with Gasteiger partial charge in [-0.25, -0.2) is 0 Å². The number of guanidine groups is 1. The van der Waals surface area contributed by atoms with Gasteiger partial charge in [0.25, 0.3) is 5.91 Å². The van der Waals surface area contributed by atoms with Crippen LogP contribution >= 0.6 is 24.0 Å². The van der Waals surface area contributed by atoms with Crippen molar-refractivity contribution >= 4 is 41.8 Å². The summed E-state index contributed by atoms with van der Waals surface area (Å²) < 4.78 is 0. The minimum Gasteiger partial charge on any atom is -0.368 e. The number of piperidine rings is 1. The number of benzene rings is 1. The summed E-state index contributed by atoms with van der Waals surface area (Å²) in [4.78, 5) is 29.2. The average molecular weight is 473 g/mol. The van der Waals surface area contributed by atoms with Crippen LogP contribution in [0.1, 0.15) is 35.7 Å². The van der Waals surface area contributed by atoms with Crippen LogP contribution in [0.4, 0.5) is 0 Å². The maximum Gasteiger partial charge on any atom is 0.251 e. The summed E-state index contributed by atoms with van der Waals surface area (Å²) in [5, 5.41) is 5.84. The monoisotopic (exact) mass is 473 g/mol. The molecule has 7 nitrogen and oxygen atoms in total. The summed E-state index contributed by atoms with van der Waals surface area (Å²) in [5.41, 5.74) is 6.57. The van der Waals surface area contributed by atoms with Gasteiger partial charge in [0, 0.05) is 32.2 Å². The summed E-state index contributed by atoms with van der Waals surface area (Å²) in [5.74, 6) is 0.821. The van der Waals surface area contributed by atoms with Crippen molar-refractivity contribution in [1.29, 1.82) is 0 Å². The number of hydrogen-bond acceptors (Lipinski definition) is 3. The van der Waals surface area contributed by atoms with Gasteiger partial charge in [0.05, 0.1) is 6.54 Å². The molecule has 1 aromatic carbocycles. The molecule has 8 heteroatoms. The number of rotatable bonds is 5. The molecule has 26 heavy (non-hydrogen) atoms. The lowest BCUT2D eigenvalue weighted by Crippen LogP contribution is -2.45. The van der Waals surface area contributed by atoms with E-state index in [2.05, 4.69) is 27.4 Å². The van der Waals surface area contributed by atoms with Gasteiger partial charge in [-0.2, -0.15) is 0 Å². The third-order valence-corrected chi connectivity index (χ3v) is 4.38. The number of carbonyl (C=O) groups excluding carboxylic acids is 2. The van der Waals surface area contributed by atoms with Crippen molar-refractivity contribution in [3.8, 4) is 0 Å². The molecule has 2 rings (SSSR count). The molecule has 0 atom stereocenters. The van der Waals surface area contributed by atoms with Crippen LogP contribution < -0.4 is 16.4 Å². The van der Waals surface area contributed by atoms with Crippen molar-refractivity contribution in [3.63, 3.8) is 0 Å². The Balaban J connectivity index is 0.00000338. The number of amides is 2. The first kappa shape index (κ1) is 22.2. The van der Waals surface area contributed by atoms with E-state index in [4.69, 9.17) is 5.73 Å². The lowest BCUT2D eigenvalue weighted by atomic mass is 9.99. The molecule has 1 fully saturated rings. The molecule has 1 saturated heterocycles. The summed E-state index contributed by atoms with van der Waals surface area (Å²) >= 11 is 0. The van der Waals surface area contributed by atoms with Crippen molar-refractivity contribution < 1.29 is 9.59 Å². The Morgan fingerprint density at radius 3 is 2.35 bits per heavy atom. The second-order valence-electron chi connectivity index (χ2n) is 6.42. The van der Waals surface area contributed by atoms with Gasteiger partial charge in [0.15, 0.2) is 5.96 Å². The first-order valence-electron chi connectivity index (χ1n) is 8.60. The van der Waals surface area contributed by atoms with Gasteiger partial charge in [0.2, 0.25) is 5.91 Å². The number of hydrogen-bond donors (Lipinski definition) is 3. The molecule has 4 N–H and O–H groups in total. The second-order valence-corrected chi connectivity index (χ2v) is 6.42. The van der Waals surface area contributed by atoms with E-state index in [1.54, 1.807) is 19.2 Å². The zero-order valence-electron chi connectivity index (χ0n) is 15.3. The third-order valence-electron chi connectivity index (χ3n) is 4.38. The summed E-state index contributed by atoms with van der Waals surface area (Å²) in [6, 6.07) is 7.24. The van der Waals surface area contributed by atoms with Crippen LogP contribution in [0.15, 0.2) is 29.3 Å². The SMILES string of the molecule is CN=C(NCc1ccc(C(=O)NCC(N)=O)cc1)N1CCC(C)CC1.I. The lowest BCUT2D eigenvalue weighted by molar-refractivity contribution is -0.117. The molecule has 0 aromatic heterocycles. The highest BCUT2D eigenvalue weighted by Crippen LogP contribution is 2.16. The molecular formula is C18H28IN5O2. The van der Waals surface area contributed by atoms with E-state index in [1.165, 1.54) is 12.8 Å². The molecule has 0 spiro atoms. The first-order valence-corrected chi connectivity index (χ1v) is 8.60. The van der Waals surface area contributed by atoms with Crippen LogP contribution in [0.3, 0.4) is 0 Å². The van der Waals surface area contributed by atoms with E-state index in [0.29, 0.717) is 12.1 Å². The van der Waals surface area contributed by atoms with Gasteiger partial charge >= 0.3 is 0 Å². The molecule has 0 aliphatic carbocycles. The Morgan fingerprint density at radius 2 is 1.81 bits per heavy atom. The van der Waals surface area contributed by atoms with E-state index in [1.807, 2.05) is 12.1 Å². The largest absolute Gasteiger partial charge is 0.368 e.